The van der Waals surface area contributed by atoms with Gasteiger partial charge in [0.05, 0.1) is 6.42 Å². The lowest BCUT2D eigenvalue weighted by Gasteiger charge is -2.10. The number of carbonyl (C=O) groups excluding carboxylic acids is 1. The number of nitrogens with one attached hydrogen (secondary N) is 2. The molecule has 2 aromatic carbocycles. The fourth-order valence-corrected chi connectivity index (χ4v) is 2.21. The zero-order valence-electron chi connectivity index (χ0n) is 13.5. The average Bonchev–Trinajstić information content (AvgIpc) is 2.47. The van der Waals surface area contributed by atoms with Crippen molar-refractivity contribution in [2.24, 2.45) is 0 Å². The fraction of sp³-hybridized carbons (Fsp3) is 0.316. The summed E-state index contributed by atoms with van der Waals surface area (Å²) in [4.78, 5) is 11.7. The second-order valence-electron chi connectivity index (χ2n) is 5.94. The van der Waals surface area contributed by atoms with E-state index < -0.39 is 0 Å². The van der Waals surface area contributed by atoms with Crippen LogP contribution < -0.4 is 10.6 Å². The van der Waals surface area contributed by atoms with E-state index in [1.807, 2.05) is 38.1 Å². The van der Waals surface area contributed by atoms with E-state index in [0.717, 1.165) is 17.8 Å². The number of rotatable bonds is 6. The molecule has 0 saturated carbocycles. The monoisotopic (exact) mass is 296 g/mol. The first kappa shape index (κ1) is 16.1. The van der Waals surface area contributed by atoms with E-state index in [1.54, 1.807) is 0 Å². The predicted molar refractivity (Wildman–Crippen MR) is 91.9 cm³/mol. The number of aryl methyl sites for hydroxylation is 1. The first-order valence-electron chi connectivity index (χ1n) is 7.70. The molecule has 3 heteroatoms. The van der Waals surface area contributed by atoms with Crippen LogP contribution in [-0.2, 0) is 17.8 Å². The van der Waals surface area contributed by atoms with Crippen molar-refractivity contribution in [2.75, 3.05) is 5.32 Å². The van der Waals surface area contributed by atoms with Crippen molar-refractivity contribution in [1.29, 1.82) is 0 Å². The average molecular weight is 296 g/mol. The molecule has 0 atom stereocenters. The third-order valence-corrected chi connectivity index (χ3v) is 3.39. The summed E-state index contributed by atoms with van der Waals surface area (Å²) in [5, 5.41) is 6.30. The second kappa shape index (κ2) is 7.64. The van der Waals surface area contributed by atoms with Crippen LogP contribution in [0.4, 0.5) is 5.69 Å². The number of hydrogen-bond donors (Lipinski definition) is 2. The van der Waals surface area contributed by atoms with Gasteiger partial charge < -0.3 is 10.6 Å². The molecule has 0 aliphatic carbocycles. The summed E-state index contributed by atoms with van der Waals surface area (Å²) in [6.45, 7) is 6.82. The predicted octanol–water partition coefficient (Wildman–Crippen LogP) is 3.67. The van der Waals surface area contributed by atoms with Crippen LogP contribution in [0.15, 0.2) is 48.5 Å². The number of carbonyl (C=O) groups is 1. The highest BCUT2D eigenvalue weighted by Crippen LogP contribution is 2.12. The Kier molecular flexibility index (Phi) is 5.59. The quantitative estimate of drug-likeness (QED) is 0.854. The largest absolute Gasteiger partial charge is 0.381 e. The third kappa shape index (κ3) is 5.24. The Labute approximate surface area is 132 Å². The molecule has 2 aromatic rings. The van der Waals surface area contributed by atoms with Crippen LogP contribution in [0.25, 0.3) is 0 Å². The minimum atomic E-state index is 0.0652. The molecule has 0 aliphatic rings. The lowest BCUT2D eigenvalue weighted by Crippen LogP contribution is -2.31. The van der Waals surface area contributed by atoms with Crippen molar-refractivity contribution in [3.63, 3.8) is 0 Å². The lowest BCUT2D eigenvalue weighted by molar-refractivity contribution is -0.120. The third-order valence-electron chi connectivity index (χ3n) is 3.39. The molecule has 0 bridgehead atoms. The van der Waals surface area contributed by atoms with Crippen LogP contribution in [0.3, 0.4) is 0 Å². The van der Waals surface area contributed by atoms with E-state index in [2.05, 4.69) is 41.8 Å². The second-order valence-corrected chi connectivity index (χ2v) is 5.94. The smallest absolute Gasteiger partial charge is 0.224 e. The highest BCUT2D eigenvalue weighted by molar-refractivity contribution is 5.78. The van der Waals surface area contributed by atoms with Crippen LogP contribution in [0, 0.1) is 6.92 Å². The number of amides is 1. The molecule has 0 aliphatic heterocycles. The van der Waals surface area contributed by atoms with Gasteiger partial charge in [-0.1, -0.05) is 42.0 Å². The van der Waals surface area contributed by atoms with Crippen molar-refractivity contribution in [1.82, 2.24) is 5.32 Å². The van der Waals surface area contributed by atoms with Gasteiger partial charge in [0.15, 0.2) is 0 Å². The van der Waals surface area contributed by atoms with Gasteiger partial charge in [0.25, 0.3) is 0 Å². The van der Waals surface area contributed by atoms with Crippen molar-refractivity contribution in [2.45, 2.75) is 39.8 Å². The van der Waals surface area contributed by atoms with E-state index >= 15 is 0 Å². The number of hydrogen-bond acceptors (Lipinski definition) is 2. The van der Waals surface area contributed by atoms with Crippen LogP contribution in [0.2, 0.25) is 0 Å². The van der Waals surface area contributed by atoms with Crippen LogP contribution in [0.1, 0.15) is 30.5 Å². The Balaban J connectivity index is 1.86. The maximum Gasteiger partial charge on any atom is 0.224 e. The van der Waals surface area contributed by atoms with Gasteiger partial charge in [-0.25, -0.2) is 0 Å². The Morgan fingerprint density at radius 1 is 0.955 bits per heavy atom. The summed E-state index contributed by atoms with van der Waals surface area (Å²) in [5.74, 6) is 0.0652. The molecule has 0 heterocycles. The maximum atomic E-state index is 11.7. The highest BCUT2D eigenvalue weighted by atomic mass is 16.1. The zero-order chi connectivity index (χ0) is 15.9. The molecule has 0 saturated heterocycles. The molecule has 0 fully saturated rings. The Bertz CT molecular complexity index is 600. The molecular weight excluding hydrogens is 272 g/mol. The number of benzene rings is 2. The maximum absolute atomic E-state index is 11.7. The summed E-state index contributed by atoms with van der Waals surface area (Å²) in [6, 6.07) is 16.7. The van der Waals surface area contributed by atoms with Crippen LogP contribution >= 0.6 is 0 Å². The molecular formula is C19H24N2O. The van der Waals surface area contributed by atoms with Gasteiger partial charge in [-0.2, -0.15) is 0 Å². The Morgan fingerprint density at radius 3 is 2.14 bits per heavy atom. The first-order chi connectivity index (χ1) is 10.5. The minimum absolute atomic E-state index is 0.0652. The van der Waals surface area contributed by atoms with Gasteiger partial charge in [-0.05, 0) is 44.0 Å². The van der Waals surface area contributed by atoms with Crippen molar-refractivity contribution in [3.8, 4) is 0 Å². The summed E-state index contributed by atoms with van der Waals surface area (Å²) >= 11 is 0. The molecule has 0 unspecified atom stereocenters. The van der Waals surface area contributed by atoms with Gasteiger partial charge in [0.1, 0.15) is 0 Å². The van der Waals surface area contributed by atoms with Crippen molar-refractivity contribution in [3.05, 3.63) is 65.2 Å². The molecule has 3 nitrogen and oxygen atoms in total. The molecule has 116 valence electrons. The summed E-state index contributed by atoms with van der Waals surface area (Å²) in [6.07, 6.45) is 0.427. The van der Waals surface area contributed by atoms with Gasteiger partial charge in [0.2, 0.25) is 5.91 Å². The molecule has 2 N–H and O–H groups in total. The van der Waals surface area contributed by atoms with E-state index in [4.69, 9.17) is 0 Å². The Morgan fingerprint density at radius 2 is 1.55 bits per heavy atom. The summed E-state index contributed by atoms with van der Waals surface area (Å²) < 4.78 is 0. The Hall–Kier alpha value is -2.29. The standard InChI is InChI=1S/C19H24N2O/c1-14(2)21-19(22)12-16-8-10-18(11-9-16)20-13-17-6-4-15(3)5-7-17/h4-11,14,20H,12-13H2,1-3H3,(H,21,22). The summed E-state index contributed by atoms with van der Waals surface area (Å²) in [7, 11) is 0. The SMILES string of the molecule is Cc1ccc(CNc2ccc(CC(=O)NC(C)C)cc2)cc1. The van der Waals surface area contributed by atoms with Crippen LogP contribution in [-0.4, -0.2) is 11.9 Å². The van der Waals surface area contributed by atoms with Crippen molar-refractivity contribution >= 4 is 11.6 Å². The molecule has 22 heavy (non-hydrogen) atoms. The van der Waals surface area contributed by atoms with E-state index in [1.165, 1.54) is 11.1 Å². The van der Waals surface area contributed by atoms with Gasteiger partial charge in [0, 0.05) is 18.3 Å². The normalized spacial score (nSPS) is 10.5. The molecule has 1 amide bonds. The number of anilines is 1. The zero-order valence-corrected chi connectivity index (χ0v) is 13.5. The fourth-order valence-electron chi connectivity index (χ4n) is 2.21. The van der Waals surface area contributed by atoms with E-state index in [9.17, 15) is 4.79 Å². The minimum Gasteiger partial charge on any atom is -0.381 e. The van der Waals surface area contributed by atoms with Gasteiger partial charge >= 0.3 is 0 Å². The van der Waals surface area contributed by atoms with Crippen LogP contribution in [0.5, 0.6) is 0 Å². The molecule has 0 spiro atoms. The van der Waals surface area contributed by atoms with Gasteiger partial charge in [-0.15, -0.1) is 0 Å². The highest BCUT2D eigenvalue weighted by Gasteiger charge is 2.04. The van der Waals surface area contributed by atoms with Gasteiger partial charge in [-0.3, -0.25) is 4.79 Å². The van der Waals surface area contributed by atoms with E-state index in [-0.39, 0.29) is 11.9 Å². The summed E-state index contributed by atoms with van der Waals surface area (Å²) in [5.41, 5.74) is 4.62. The topological polar surface area (TPSA) is 41.1 Å². The lowest BCUT2D eigenvalue weighted by atomic mass is 10.1. The van der Waals surface area contributed by atoms with E-state index in [0.29, 0.717) is 6.42 Å². The molecule has 2 rings (SSSR count). The first-order valence-corrected chi connectivity index (χ1v) is 7.70. The molecule has 0 radical (unpaired) electrons. The van der Waals surface area contributed by atoms with Crippen molar-refractivity contribution < 1.29 is 4.79 Å². The molecule has 0 aromatic heterocycles.